The number of nitriles is 1. The summed E-state index contributed by atoms with van der Waals surface area (Å²) in [4.78, 5) is 1.06. The molecule has 2 aromatic heterocycles. The van der Waals surface area contributed by atoms with Gasteiger partial charge in [0.25, 0.3) is 0 Å². The largest absolute Gasteiger partial charge is 0.408 e. The minimum Gasteiger partial charge on any atom is -0.408 e. The Balaban J connectivity index is 1.98. The van der Waals surface area contributed by atoms with Crippen molar-refractivity contribution in [3.05, 3.63) is 27.8 Å². The molecule has 0 radical (unpaired) electrons. The number of rotatable bonds is 3. The molecule has 0 aromatic carbocycles. The van der Waals surface area contributed by atoms with Crippen LogP contribution in [0.5, 0.6) is 0 Å². The fraction of sp³-hybridized carbons (Fsp3) is 0.417. The second-order valence-corrected chi connectivity index (χ2v) is 5.93. The van der Waals surface area contributed by atoms with Gasteiger partial charge in [-0.2, -0.15) is 5.26 Å². The van der Waals surface area contributed by atoms with Crippen molar-refractivity contribution in [1.82, 2.24) is 10.2 Å². The predicted octanol–water partition coefficient (Wildman–Crippen LogP) is 2.91. The van der Waals surface area contributed by atoms with Crippen molar-refractivity contribution in [2.75, 3.05) is 5.32 Å². The van der Waals surface area contributed by atoms with Crippen molar-refractivity contribution in [1.29, 1.82) is 5.26 Å². The van der Waals surface area contributed by atoms with Gasteiger partial charge in [0.2, 0.25) is 5.89 Å². The van der Waals surface area contributed by atoms with Crippen LogP contribution in [0.25, 0.3) is 0 Å². The van der Waals surface area contributed by atoms with Gasteiger partial charge in [0.05, 0.1) is 12.1 Å². The van der Waals surface area contributed by atoms with E-state index in [9.17, 15) is 0 Å². The van der Waals surface area contributed by atoms with Gasteiger partial charge in [-0.25, -0.2) is 0 Å². The van der Waals surface area contributed by atoms with Gasteiger partial charge in [-0.1, -0.05) is 25.9 Å². The van der Waals surface area contributed by atoms with Crippen LogP contribution in [0.1, 0.15) is 37.1 Å². The summed E-state index contributed by atoms with van der Waals surface area (Å²) >= 11 is 1.53. The highest BCUT2D eigenvalue weighted by molar-refractivity contribution is 7.10. The highest BCUT2D eigenvalue weighted by Crippen LogP contribution is 2.22. The van der Waals surface area contributed by atoms with Crippen molar-refractivity contribution >= 4 is 17.4 Å². The van der Waals surface area contributed by atoms with Crippen LogP contribution in [0.15, 0.2) is 15.9 Å². The first-order valence-electron chi connectivity index (χ1n) is 5.54. The Morgan fingerprint density at radius 2 is 2.22 bits per heavy atom. The lowest BCUT2D eigenvalue weighted by molar-refractivity contribution is 0.399. The predicted molar refractivity (Wildman–Crippen MR) is 69.4 cm³/mol. The van der Waals surface area contributed by atoms with Gasteiger partial charge in [-0.15, -0.1) is 16.4 Å². The van der Waals surface area contributed by atoms with Gasteiger partial charge in [0.15, 0.2) is 0 Å². The van der Waals surface area contributed by atoms with Crippen LogP contribution in [0.3, 0.4) is 0 Å². The van der Waals surface area contributed by atoms with Gasteiger partial charge in [0, 0.05) is 15.7 Å². The van der Waals surface area contributed by atoms with E-state index in [0.29, 0.717) is 24.0 Å². The molecule has 2 aromatic rings. The lowest BCUT2D eigenvalue weighted by atomic mass is 9.97. The number of nitrogens with one attached hydrogen (secondary N) is 1. The molecule has 0 unspecified atom stereocenters. The quantitative estimate of drug-likeness (QED) is 0.920. The topological polar surface area (TPSA) is 74.7 Å². The first kappa shape index (κ1) is 12.6. The molecule has 18 heavy (non-hydrogen) atoms. The highest BCUT2D eigenvalue weighted by atomic mass is 32.1. The van der Waals surface area contributed by atoms with Crippen LogP contribution in [-0.2, 0) is 12.0 Å². The monoisotopic (exact) mass is 262 g/mol. The number of aromatic nitrogens is 2. The fourth-order valence-electron chi connectivity index (χ4n) is 1.29. The molecule has 0 bridgehead atoms. The van der Waals surface area contributed by atoms with Crippen molar-refractivity contribution < 1.29 is 4.42 Å². The maximum absolute atomic E-state index is 8.72. The van der Waals surface area contributed by atoms with Gasteiger partial charge >= 0.3 is 6.01 Å². The number of hydrogen-bond acceptors (Lipinski definition) is 6. The van der Waals surface area contributed by atoms with Crippen LogP contribution in [0, 0.1) is 11.3 Å². The number of hydrogen-bond donors (Lipinski definition) is 1. The van der Waals surface area contributed by atoms with Crippen LogP contribution in [0.2, 0.25) is 0 Å². The van der Waals surface area contributed by atoms with Crippen molar-refractivity contribution in [2.24, 2.45) is 0 Å². The third-order valence-corrected chi connectivity index (χ3v) is 3.20. The number of thiophene rings is 1. The van der Waals surface area contributed by atoms with Crippen molar-refractivity contribution in [3.63, 3.8) is 0 Å². The second-order valence-electron chi connectivity index (χ2n) is 4.93. The molecule has 0 fully saturated rings. The Hall–Kier alpha value is -1.87. The van der Waals surface area contributed by atoms with E-state index in [-0.39, 0.29) is 5.41 Å². The third kappa shape index (κ3) is 2.87. The molecule has 2 rings (SSSR count). The molecule has 5 nitrogen and oxygen atoms in total. The minimum atomic E-state index is -0.149. The number of nitrogens with zero attached hydrogens (tertiary/aromatic N) is 3. The van der Waals surface area contributed by atoms with Crippen molar-refractivity contribution in [3.8, 4) is 6.07 Å². The van der Waals surface area contributed by atoms with E-state index >= 15 is 0 Å². The first-order chi connectivity index (χ1) is 8.49. The lowest BCUT2D eigenvalue weighted by Crippen LogP contribution is -2.11. The van der Waals surface area contributed by atoms with E-state index in [1.807, 2.05) is 32.2 Å². The molecule has 0 aliphatic rings. The molecular formula is C12H14N4OS. The van der Waals surface area contributed by atoms with E-state index in [0.717, 1.165) is 4.88 Å². The summed E-state index contributed by atoms with van der Waals surface area (Å²) in [6.45, 7) is 6.63. The van der Waals surface area contributed by atoms with E-state index in [1.54, 1.807) is 0 Å². The Morgan fingerprint density at radius 1 is 1.44 bits per heavy atom. The summed E-state index contributed by atoms with van der Waals surface area (Å²) in [7, 11) is 0. The molecular weight excluding hydrogens is 248 g/mol. The molecule has 0 aliphatic heterocycles. The van der Waals surface area contributed by atoms with Crippen molar-refractivity contribution in [2.45, 2.75) is 32.7 Å². The van der Waals surface area contributed by atoms with Crippen LogP contribution < -0.4 is 5.32 Å². The Labute approximate surface area is 109 Å². The zero-order chi connectivity index (χ0) is 13.2. The summed E-state index contributed by atoms with van der Waals surface area (Å²) in [6, 6.07) is 4.36. The molecule has 0 aliphatic carbocycles. The Kier molecular flexibility index (Phi) is 3.34. The summed E-state index contributed by atoms with van der Waals surface area (Å²) in [5, 5.41) is 21.5. The lowest BCUT2D eigenvalue weighted by Gasteiger charge is -2.10. The molecule has 0 atom stereocenters. The normalized spacial score (nSPS) is 11.2. The summed E-state index contributed by atoms with van der Waals surface area (Å²) in [5.74, 6) is 0.605. The van der Waals surface area contributed by atoms with Gasteiger partial charge in [0.1, 0.15) is 6.07 Å². The van der Waals surface area contributed by atoms with E-state index < -0.39 is 0 Å². The van der Waals surface area contributed by atoms with E-state index in [4.69, 9.17) is 9.68 Å². The molecule has 0 saturated carbocycles. The van der Waals surface area contributed by atoms with Gasteiger partial charge in [-0.05, 0) is 6.07 Å². The average Bonchev–Trinajstić information content (AvgIpc) is 2.94. The Morgan fingerprint density at radius 3 is 2.78 bits per heavy atom. The SMILES string of the molecule is CC(C)(C)c1nnc(NCc2cc(C#N)cs2)o1. The van der Waals surface area contributed by atoms with Gasteiger partial charge in [-0.3, -0.25) is 0 Å². The van der Waals surface area contributed by atoms with Crippen LogP contribution in [0.4, 0.5) is 6.01 Å². The van der Waals surface area contributed by atoms with E-state index in [2.05, 4.69) is 21.6 Å². The summed E-state index contributed by atoms with van der Waals surface area (Å²) in [6.07, 6.45) is 0. The summed E-state index contributed by atoms with van der Waals surface area (Å²) in [5.41, 5.74) is 0.529. The average molecular weight is 262 g/mol. The molecule has 0 saturated heterocycles. The van der Waals surface area contributed by atoms with Crippen LogP contribution >= 0.6 is 11.3 Å². The second kappa shape index (κ2) is 4.78. The molecule has 0 spiro atoms. The van der Waals surface area contributed by atoms with Gasteiger partial charge < -0.3 is 9.73 Å². The number of anilines is 1. The van der Waals surface area contributed by atoms with Crippen LogP contribution in [-0.4, -0.2) is 10.2 Å². The maximum atomic E-state index is 8.72. The van der Waals surface area contributed by atoms with E-state index in [1.165, 1.54) is 11.3 Å². The molecule has 94 valence electrons. The maximum Gasteiger partial charge on any atom is 0.315 e. The smallest absolute Gasteiger partial charge is 0.315 e. The molecule has 6 heteroatoms. The Bertz CT molecular complexity index is 573. The fourth-order valence-corrected chi connectivity index (χ4v) is 2.04. The zero-order valence-corrected chi connectivity index (χ0v) is 11.3. The molecule has 0 amide bonds. The highest BCUT2D eigenvalue weighted by Gasteiger charge is 2.21. The third-order valence-electron chi connectivity index (χ3n) is 2.26. The zero-order valence-electron chi connectivity index (χ0n) is 10.5. The standard InChI is InChI=1S/C12H14N4OS/c1-12(2,3)10-15-16-11(17-10)14-6-9-4-8(5-13)7-18-9/h4,7H,6H2,1-3H3,(H,14,16). The molecule has 2 heterocycles. The first-order valence-corrected chi connectivity index (χ1v) is 6.42. The minimum absolute atomic E-state index is 0.149. The summed E-state index contributed by atoms with van der Waals surface area (Å²) < 4.78 is 5.51. The molecule has 1 N–H and O–H groups in total.